The van der Waals surface area contributed by atoms with Gasteiger partial charge in [0.05, 0.1) is 5.41 Å². The third-order valence-corrected chi connectivity index (χ3v) is 14.3. The summed E-state index contributed by atoms with van der Waals surface area (Å²) in [5.41, 5.74) is 17.4. The molecule has 0 bridgehead atoms. The van der Waals surface area contributed by atoms with E-state index in [-0.39, 0.29) is 0 Å². The zero-order valence-electron chi connectivity index (χ0n) is 36.0. The van der Waals surface area contributed by atoms with Crippen LogP contribution in [0.3, 0.4) is 0 Å². The fourth-order valence-corrected chi connectivity index (χ4v) is 11.3. The van der Waals surface area contributed by atoms with Gasteiger partial charge in [-0.3, -0.25) is 0 Å². The summed E-state index contributed by atoms with van der Waals surface area (Å²) >= 11 is 0. The molecule has 0 radical (unpaired) electrons. The minimum Gasteiger partial charge on any atom is -0.310 e. The summed E-state index contributed by atoms with van der Waals surface area (Å²) in [4.78, 5) is 2.47. The summed E-state index contributed by atoms with van der Waals surface area (Å²) in [5, 5.41) is 4.94. The largest absolute Gasteiger partial charge is 0.310 e. The summed E-state index contributed by atoms with van der Waals surface area (Å²) in [6.45, 7) is 0. The highest BCUT2D eigenvalue weighted by molar-refractivity contribution is 5.98. The van der Waals surface area contributed by atoms with E-state index in [2.05, 4.69) is 235 Å². The molecule has 10 aromatic carbocycles. The van der Waals surface area contributed by atoms with Crippen molar-refractivity contribution in [3.05, 3.63) is 258 Å². The topological polar surface area (TPSA) is 3.24 Å². The maximum absolute atomic E-state index is 2.53. The normalized spacial score (nSPS) is 14.3. The number of benzene rings is 10. The fraction of sp³-hybridized carbons (Fsp3) is 0.111. The Morgan fingerprint density at radius 1 is 0.344 bits per heavy atom. The van der Waals surface area contributed by atoms with Gasteiger partial charge < -0.3 is 4.90 Å². The fourth-order valence-electron chi connectivity index (χ4n) is 11.3. The molecule has 12 rings (SSSR count). The van der Waals surface area contributed by atoms with Crippen LogP contribution >= 0.6 is 0 Å². The summed E-state index contributed by atoms with van der Waals surface area (Å²) in [6.07, 6.45) is 6.45. The third kappa shape index (κ3) is 6.37. The van der Waals surface area contributed by atoms with Gasteiger partial charge in [0.25, 0.3) is 0 Å². The van der Waals surface area contributed by atoms with Crippen LogP contribution in [0.2, 0.25) is 0 Å². The number of rotatable bonds is 8. The van der Waals surface area contributed by atoms with Crippen LogP contribution < -0.4 is 4.90 Å². The Balaban J connectivity index is 1.08. The Morgan fingerprint density at radius 2 is 0.859 bits per heavy atom. The van der Waals surface area contributed by atoms with E-state index >= 15 is 0 Å². The average Bonchev–Trinajstić information content (AvgIpc) is 3.68. The monoisotopic (exact) mass is 819 g/mol. The molecule has 1 heteroatoms. The van der Waals surface area contributed by atoms with Crippen LogP contribution in [-0.2, 0) is 5.41 Å². The van der Waals surface area contributed by atoms with Crippen molar-refractivity contribution in [1.29, 1.82) is 0 Å². The Labute approximate surface area is 376 Å². The molecule has 64 heavy (non-hydrogen) atoms. The zero-order valence-corrected chi connectivity index (χ0v) is 36.0. The standard InChI is InChI=1S/C63H49N/c1-5-19-45(20-6-1)56-30-17-31-60-62(56)57-39-38-55(43-61(57)63(60,51-26-9-3-10-27-51)52-28-11-4-12-29-52)64(54-37-32-44-18-13-14-23-48(44)40-54)53-35-33-47(34-36-53)59-42-50-25-16-15-24-49(50)41-58(59)46-21-7-2-8-22-46/h2-4,7-18,21-43,45H,1,5-6,19-20H2. The maximum atomic E-state index is 2.53. The van der Waals surface area contributed by atoms with Crippen LogP contribution in [0.25, 0.3) is 54.9 Å². The first-order chi connectivity index (χ1) is 31.7. The lowest BCUT2D eigenvalue weighted by atomic mass is 9.67. The van der Waals surface area contributed by atoms with Gasteiger partial charge in [-0.05, 0) is 150 Å². The lowest BCUT2D eigenvalue weighted by Crippen LogP contribution is -2.29. The van der Waals surface area contributed by atoms with E-state index < -0.39 is 5.41 Å². The molecular formula is C63H49N. The minimum atomic E-state index is -0.503. The lowest BCUT2D eigenvalue weighted by molar-refractivity contribution is 0.444. The van der Waals surface area contributed by atoms with Crippen LogP contribution in [0.15, 0.2) is 231 Å². The van der Waals surface area contributed by atoms with Crippen molar-refractivity contribution in [2.45, 2.75) is 43.4 Å². The highest BCUT2D eigenvalue weighted by Gasteiger charge is 2.47. The molecule has 0 aromatic heterocycles. The number of hydrogen-bond acceptors (Lipinski definition) is 1. The highest BCUT2D eigenvalue weighted by atomic mass is 15.1. The molecule has 0 saturated heterocycles. The van der Waals surface area contributed by atoms with E-state index in [1.807, 2.05) is 0 Å². The molecule has 0 spiro atoms. The first-order valence-corrected chi connectivity index (χ1v) is 23.1. The van der Waals surface area contributed by atoms with E-state index in [1.165, 1.54) is 115 Å². The van der Waals surface area contributed by atoms with Crippen molar-refractivity contribution in [2.75, 3.05) is 4.90 Å². The van der Waals surface area contributed by atoms with Crippen molar-refractivity contribution >= 4 is 38.6 Å². The van der Waals surface area contributed by atoms with Crippen molar-refractivity contribution < 1.29 is 0 Å². The van der Waals surface area contributed by atoms with E-state index in [9.17, 15) is 0 Å². The van der Waals surface area contributed by atoms with Gasteiger partial charge in [-0.1, -0.05) is 201 Å². The van der Waals surface area contributed by atoms with Crippen LogP contribution in [0.4, 0.5) is 17.1 Å². The number of hydrogen-bond donors (Lipinski definition) is 0. The summed E-state index contributed by atoms with van der Waals surface area (Å²) in [7, 11) is 0. The van der Waals surface area contributed by atoms with Gasteiger partial charge in [0.2, 0.25) is 0 Å². The molecule has 0 aliphatic heterocycles. The van der Waals surface area contributed by atoms with Gasteiger partial charge in [-0.25, -0.2) is 0 Å². The van der Waals surface area contributed by atoms with Crippen LogP contribution in [0, 0.1) is 0 Å². The van der Waals surface area contributed by atoms with Gasteiger partial charge in [0.15, 0.2) is 0 Å². The first kappa shape index (κ1) is 38.2. The van der Waals surface area contributed by atoms with Crippen LogP contribution in [-0.4, -0.2) is 0 Å². The maximum Gasteiger partial charge on any atom is 0.0714 e. The van der Waals surface area contributed by atoms with Gasteiger partial charge in [-0.15, -0.1) is 0 Å². The predicted molar refractivity (Wildman–Crippen MR) is 270 cm³/mol. The second-order valence-corrected chi connectivity index (χ2v) is 17.8. The van der Waals surface area contributed by atoms with Crippen molar-refractivity contribution in [1.82, 2.24) is 0 Å². The minimum absolute atomic E-state index is 0.503. The summed E-state index contributed by atoms with van der Waals surface area (Å²) < 4.78 is 0. The number of fused-ring (bicyclic) bond motifs is 5. The third-order valence-electron chi connectivity index (χ3n) is 14.3. The molecule has 0 unspecified atom stereocenters. The van der Waals surface area contributed by atoms with E-state index in [0.29, 0.717) is 5.92 Å². The summed E-state index contributed by atoms with van der Waals surface area (Å²) in [6, 6.07) is 86.2. The predicted octanol–water partition coefficient (Wildman–Crippen LogP) is 17.2. The smallest absolute Gasteiger partial charge is 0.0714 e. The molecule has 0 amide bonds. The van der Waals surface area contributed by atoms with E-state index in [1.54, 1.807) is 0 Å². The van der Waals surface area contributed by atoms with Crippen LogP contribution in [0.5, 0.6) is 0 Å². The Kier molecular flexibility index (Phi) is 9.56. The first-order valence-electron chi connectivity index (χ1n) is 23.1. The number of nitrogens with zero attached hydrogens (tertiary/aromatic N) is 1. The molecule has 0 N–H and O–H groups in total. The average molecular weight is 820 g/mol. The van der Waals surface area contributed by atoms with Crippen molar-refractivity contribution in [3.8, 4) is 33.4 Å². The Bertz CT molecular complexity index is 3250. The van der Waals surface area contributed by atoms with Gasteiger partial charge in [0, 0.05) is 17.1 Å². The molecule has 2 aliphatic rings. The Morgan fingerprint density at radius 3 is 1.50 bits per heavy atom. The quantitative estimate of drug-likeness (QED) is 0.148. The van der Waals surface area contributed by atoms with E-state index in [0.717, 1.165) is 17.1 Å². The van der Waals surface area contributed by atoms with Crippen molar-refractivity contribution in [3.63, 3.8) is 0 Å². The molecule has 1 fully saturated rings. The van der Waals surface area contributed by atoms with Gasteiger partial charge >= 0.3 is 0 Å². The molecular weight excluding hydrogens is 771 g/mol. The second-order valence-electron chi connectivity index (χ2n) is 17.8. The van der Waals surface area contributed by atoms with Crippen molar-refractivity contribution in [2.24, 2.45) is 0 Å². The SMILES string of the molecule is c1ccc(-c2cc3ccccc3cc2-c2ccc(N(c3ccc4c(c3)C(c3ccccc3)(c3ccccc3)c3cccc(C5CCCCC5)c3-4)c3ccc4ccccc4c3)cc2)cc1. The highest BCUT2D eigenvalue weighted by Crippen LogP contribution is 2.59. The molecule has 0 atom stereocenters. The molecule has 0 heterocycles. The second kappa shape index (κ2) is 16.0. The molecule has 2 aliphatic carbocycles. The molecule has 306 valence electrons. The molecule has 1 saturated carbocycles. The zero-order chi connectivity index (χ0) is 42.5. The van der Waals surface area contributed by atoms with E-state index in [4.69, 9.17) is 0 Å². The Hall–Kier alpha value is -7.48. The van der Waals surface area contributed by atoms with Gasteiger partial charge in [-0.2, -0.15) is 0 Å². The lowest BCUT2D eigenvalue weighted by Gasteiger charge is -2.35. The number of anilines is 3. The van der Waals surface area contributed by atoms with Crippen LogP contribution in [0.1, 0.15) is 65.8 Å². The van der Waals surface area contributed by atoms with Gasteiger partial charge in [0.1, 0.15) is 0 Å². The molecule has 1 nitrogen and oxygen atoms in total. The summed E-state index contributed by atoms with van der Waals surface area (Å²) in [5.74, 6) is 0.566. The molecule has 10 aromatic rings.